The van der Waals surface area contributed by atoms with E-state index < -0.39 is 0 Å². The highest BCUT2D eigenvalue weighted by molar-refractivity contribution is 6.12. The van der Waals surface area contributed by atoms with Crippen LogP contribution in [0.2, 0.25) is 0 Å². The molecular formula is C13H11NO2. The van der Waals surface area contributed by atoms with E-state index in [2.05, 4.69) is 5.16 Å². The van der Waals surface area contributed by atoms with Crippen LogP contribution in [0.4, 0.5) is 0 Å². The van der Waals surface area contributed by atoms with E-state index in [1.54, 1.807) is 24.3 Å². The van der Waals surface area contributed by atoms with Crippen molar-refractivity contribution in [2.24, 2.45) is 5.16 Å². The van der Waals surface area contributed by atoms with Crippen LogP contribution in [0.25, 0.3) is 0 Å². The van der Waals surface area contributed by atoms with Crippen LogP contribution in [0.15, 0.2) is 59.8 Å². The van der Waals surface area contributed by atoms with Crippen molar-refractivity contribution in [1.82, 2.24) is 0 Å². The number of hydrogen-bond acceptors (Lipinski definition) is 3. The van der Waals surface area contributed by atoms with Gasteiger partial charge < -0.3 is 10.3 Å². The SMILES string of the molecule is O/N=C(/c1ccccc1)c1ccc(O)cc1. The van der Waals surface area contributed by atoms with Crippen LogP contribution >= 0.6 is 0 Å². The Bertz CT molecular complexity index is 489. The van der Waals surface area contributed by atoms with Gasteiger partial charge in [-0.1, -0.05) is 35.5 Å². The minimum atomic E-state index is 0.189. The highest BCUT2D eigenvalue weighted by atomic mass is 16.4. The van der Waals surface area contributed by atoms with Gasteiger partial charge in [0.05, 0.1) is 0 Å². The van der Waals surface area contributed by atoms with Crippen molar-refractivity contribution < 1.29 is 10.3 Å². The molecule has 0 aliphatic rings. The predicted octanol–water partition coefficient (Wildman–Crippen LogP) is 2.62. The molecule has 0 saturated heterocycles. The second kappa shape index (κ2) is 4.49. The molecule has 16 heavy (non-hydrogen) atoms. The summed E-state index contributed by atoms with van der Waals surface area (Å²) in [5.74, 6) is 0.189. The molecule has 0 aromatic heterocycles. The average Bonchev–Trinajstić information content (AvgIpc) is 2.34. The Kier molecular flexibility index (Phi) is 2.87. The van der Waals surface area contributed by atoms with Gasteiger partial charge in [0.1, 0.15) is 11.5 Å². The molecule has 0 heterocycles. The molecule has 3 nitrogen and oxygen atoms in total. The summed E-state index contributed by atoms with van der Waals surface area (Å²) in [5, 5.41) is 21.5. The Labute approximate surface area is 93.3 Å². The van der Waals surface area contributed by atoms with Gasteiger partial charge in [-0.2, -0.15) is 0 Å². The molecule has 3 heteroatoms. The van der Waals surface area contributed by atoms with Gasteiger partial charge in [0, 0.05) is 11.1 Å². The summed E-state index contributed by atoms with van der Waals surface area (Å²) in [6.45, 7) is 0. The monoisotopic (exact) mass is 213 g/mol. The van der Waals surface area contributed by atoms with Crippen molar-refractivity contribution in [3.8, 4) is 5.75 Å². The smallest absolute Gasteiger partial charge is 0.117 e. The molecule has 0 bridgehead atoms. The quantitative estimate of drug-likeness (QED) is 0.457. The van der Waals surface area contributed by atoms with Gasteiger partial charge in [0.15, 0.2) is 0 Å². The minimum absolute atomic E-state index is 0.189. The molecule has 0 radical (unpaired) electrons. The summed E-state index contributed by atoms with van der Waals surface area (Å²) in [5.41, 5.74) is 2.07. The Morgan fingerprint density at radius 3 is 1.94 bits per heavy atom. The number of rotatable bonds is 2. The number of hydrogen-bond donors (Lipinski definition) is 2. The Hall–Kier alpha value is -2.29. The number of aromatic hydroxyl groups is 1. The highest BCUT2D eigenvalue weighted by Crippen LogP contribution is 2.14. The lowest BCUT2D eigenvalue weighted by Crippen LogP contribution is -2.02. The summed E-state index contributed by atoms with van der Waals surface area (Å²) in [7, 11) is 0. The van der Waals surface area contributed by atoms with Crippen LogP contribution < -0.4 is 0 Å². The lowest BCUT2D eigenvalue weighted by Gasteiger charge is -2.04. The standard InChI is InChI=1S/C13H11NO2/c15-12-8-6-11(7-9-12)13(14-16)10-4-2-1-3-5-10/h1-9,15-16H/b14-13-. The first-order chi connectivity index (χ1) is 7.81. The number of phenolic OH excluding ortho intramolecular Hbond substituents is 1. The predicted molar refractivity (Wildman–Crippen MR) is 62.0 cm³/mol. The van der Waals surface area contributed by atoms with Gasteiger partial charge >= 0.3 is 0 Å². The van der Waals surface area contributed by atoms with Crippen LogP contribution in [-0.4, -0.2) is 16.0 Å². The molecular weight excluding hydrogens is 202 g/mol. The summed E-state index contributed by atoms with van der Waals surface area (Å²) < 4.78 is 0. The first kappa shape index (κ1) is 10.2. The molecule has 2 rings (SSSR count). The average molecular weight is 213 g/mol. The van der Waals surface area contributed by atoms with Crippen LogP contribution in [0, 0.1) is 0 Å². The molecule has 2 N–H and O–H groups in total. The van der Waals surface area contributed by atoms with Gasteiger partial charge in [-0.05, 0) is 24.3 Å². The molecule has 0 saturated carbocycles. The largest absolute Gasteiger partial charge is 0.508 e. The van der Waals surface area contributed by atoms with Gasteiger partial charge in [0.25, 0.3) is 0 Å². The molecule has 80 valence electrons. The molecule has 0 atom stereocenters. The van der Waals surface area contributed by atoms with Crippen molar-refractivity contribution in [1.29, 1.82) is 0 Å². The lowest BCUT2D eigenvalue weighted by atomic mass is 10.0. The van der Waals surface area contributed by atoms with Crippen molar-refractivity contribution in [2.75, 3.05) is 0 Å². The van der Waals surface area contributed by atoms with E-state index in [4.69, 9.17) is 5.21 Å². The summed E-state index contributed by atoms with van der Waals surface area (Å²) >= 11 is 0. The van der Waals surface area contributed by atoms with Crippen molar-refractivity contribution >= 4 is 5.71 Å². The second-order valence-electron chi connectivity index (χ2n) is 3.36. The number of nitrogens with zero attached hydrogens (tertiary/aromatic N) is 1. The third-order valence-electron chi connectivity index (χ3n) is 2.29. The Morgan fingerprint density at radius 2 is 1.38 bits per heavy atom. The molecule has 0 aliphatic heterocycles. The van der Waals surface area contributed by atoms with Crippen LogP contribution in [0.1, 0.15) is 11.1 Å². The van der Waals surface area contributed by atoms with E-state index >= 15 is 0 Å². The lowest BCUT2D eigenvalue weighted by molar-refractivity contribution is 0.319. The maximum atomic E-state index is 9.18. The summed E-state index contributed by atoms with van der Waals surface area (Å²) in [6.07, 6.45) is 0. The second-order valence-corrected chi connectivity index (χ2v) is 3.36. The van der Waals surface area contributed by atoms with Crippen molar-refractivity contribution in [3.63, 3.8) is 0 Å². The zero-order chi connectivity index (χ0) is 11.4. The molecule has 0 amide bonds. The van der Waals surface area contributed by atoms with E-state index in [1.807, 2.05) is 30.3 Å². The van der Waals surface area contributed by atoms with Crippen LogP contribution in [0.3, 0.4) is 0 Å². The molecule has 2 aromatic rings. The fourth-order valence-corrected chi connectivity index (χ4v) is 1.50. The topological polar surface area (TPSA) is 52.8 Å². The first-order valence-corrected chi connectivity index (χ1v) is 4.88. The van der Waals surface area contributed by atoms with E-state index in [-0.39, 0.29) is 5.75 Å². The van der Waals surface area contributed by atoms with Crippen molar-refractivity contribution in [2.45, 2.75) is 0 Å². The Balaban J connectivity index is 2.42. The number of phenols is 1. The van der Waals surface area contributed by atoms with Crippen LogP contribution in [0.5, 0.6) is 5.75 Å². The third kappa shape index (κ3) is 2.03. The zero-order valence-corrected chi connectivity index (χ0v) is 8.54. The van der Waals surface area contributed by atoms with Gasteiger partial charge in [0.2, 0.25) is 0 Å². The normalized spacial score (nSPS) is 11.4. The fraction of sp³-hybridized carbons (Fsp3) is 0. The van der Waals surface area contributed by atoms with E-state index in [9.17, 15) is 5.11 Å². The molecule has 0 spiro atoms. The van der Waals surface area contributed by atoms with Gasteiger partial charge in [-0.25, -0.2) is 0 Å². The van der Waals surface area contributed by atoms with Crippen LogP contribution in [-0.2, 0) is 0 Å². The number of oxime groups is 1. The number of benzene rings is 2. The van der Waals surface area contributed by atoms with Gasteiger partial charge in [-0.15, -0.1) is 0 Å². The highest BCUT2D eigenvalue weighted by Gasteiger charge is 2.06. The molecule has 2 aromatic carbocycles. The molecule has 0 unspecified atom stereocenters. The maximum Gasteiger partial charge on any atom is 0.117 e. The molecule has 0 aliphatic carbocycles. The summed E-state index contributed by atoms with van der Waals surface area (Å²) in [4.78, 5) is 0. The van der Waals surface area contributed by atoms with E-state index in [0.717, 1.165) is 11.1 Å². The van der Waals surface area contributed by atoms with Crippen molar-refractivity contribution in [3.05, 3.63) is 65.7 Å². The Morgan fingerprint density at radius 1 is 0.812 bits per heavy atom. The van der Waals surface area contributed by atoms with Gasteiger partial charge in [-0.3, -0.25) is 0 Å². The maximum absolute atomic E-state index is 9.18. The minimum Gasteiger partial charge on any atom is -0.508 e. The summed E-state index contributed by atoms with van der Waals surface area (Å²) in [6, 6.07) is 15.9. The first-order valence-electron chi connectivity index (χ1n) is 4.88. The zero-order valence-electron chi connectivity index (χ0n) is 8.54. The fourth-order valence-electron chi connectivity index (χ4n) is 1.50. The van der Waals surface area contributed by atoms with E-state index in [1.165, 1.54) is 0 Å². The third-order valence-corrected chi connectivity index (χ3v) is 2.29. The van der Waals surface area contributed by atoms with E-state index in [0.29, 0.717) is 5.71 Å². The molecule has 0 fully saturated rings.